The maximum atomic E-state index is 11.4. The van der Waals surface area contributed by atoms with Crippen LogP contribution in [0.2, 0.25) is 0 Å². The minimum absolute atomic E-state index is 0.237. The van der Waals surface area contributed by atoms with E-state index in [1.807, 2.05) is 0 Å². The van der Waals surface area contributed by atoms with Crippen molar-refractivity contribution in [2.45, 2.75) is 3.74 Å². The van der Waals surface area contributed by atoms with Crippen molar-refractivity contribution < 1.29 is 14.3 Å². The monoisotopic (exact) mass is 334 g/mol. The molecule has 0 saturated carbocycles. The summed E-state index contributed by atoms with van der Waals surface area (Å²) < 4.78 is 4.32. The highest BCUT2D eigenvalue weighted by Gasteiger charge is 2.14. The van der Waals surface area contributed by atoms with Crippen LogP contribution in [0.25, 0.3) is 0 Å². The number of ketones is 1. The SMILES string of the molecule is O=C(OCC(=O)C(Br)Br)c1ccccc1. The van der Waals surface area contributed by atoms with Gasteiger partial charge in [0.2, 0.25) is 0 Å². The number of ether oxygens (including phenoxy) is 1. The van der Waals surface area contributed by atoms with Gasteiger partial charge in [0.25, 0.3) is 0 Å². The van der Waals surface area contributed by atoms with Gasteiger partial charge in [-0.2, -0.15) is 0 Å². The predicted octanol–water partition coefficient (Wildman–Crippen LogP) is 2.53. The summed E-state index contributed by atoms with van der Waals surface area (Å²) in [6.07, 6.45) is 0. The number of carbonyl (C=O) groups is 2. The number of carbonyl (C=O) groups excluding carboxylic acids is 2. The minimum Gasteiger partial charge on any atom is -0.454 e. The van der Waals surface area contributed by atoms with Crippen LogP contribution in [0.15, 0.2) is 30.3 Å². The summed E-state index contributed by atoms with van der Waals surface area (Å²) in [6, 6.07) is 8.53. The van der Waals surface area contributed by atoms with E-state index in [1.54, 1.807) is 30.3 Å². The Labute approximate surface area is 104 Å². The molecule has 15 heavy (non-hydrogen) atoms. The third kappa shape index (κ3) is 4.13. The van der Waals surface area contributed by atoms with Crippen LogP contribution in [0.4, 0.5) is 0 Å². The molecular weight excluding hydrogens is 328 g/mol. The lowest BCUT2D eigenvalue weighted by atomic mass is 10.2. The van der Waals surface area contributed by atoms with Gasteiger partial charge in [-0.15, -0.1) is 0 Å². The zero-order valence-electron chi connectivity index (χ0n) is 7.65. The summed E-state index contributed by atoms with van der Waals surface area (Å²) in [4.78, 5) is 22.5. The Bertz CT molecular complexity index is 349. The number of halogens is 2. The lowest BCUT2D eigenvalue weighted by molar-refractivity contribution is -0.120. The molecule has 0 aliphatic rings. The first kappa shape index (κ1) is 12.4. The molecule has 1 rings (SSSR count). The summed E-state index contributed by atoms with van der Waals surface area (Å²) in [7, 11) is 0. The standard InChI is InChI=1S/C10H8Br2O3/c11-9(12)8(13)6-15-10(14)7-4-2-1-3-5-7/h1-5,9H,6H2. The molecule has 0 aliphatic carbocycles. The van der Waals surface area contributed by atoms with Crippen molar-refractivity contribution in [3.8, 4) is 0 Å². The van der Waals surface area contributed by atoms with Gasteiger partial charge < -0.3 is 4.74 Å². The van der Waals surface area contributed by atoms with Crippen molar-refractivity contribution in [3.63, 3.8) is 0 Å². The predicted molar refractivity (Wildman–Crippen MR) is 63.4 cm³/mol. The lowest BCUT2D eigenvalue weighted by Gasteiger charge is -2.04. The van der Waals surface area contributed by atoms with Gasteiger partial charge in [-0.1, -0.05) is 50.1 Å². The second-order valence-corrected chi connectivity index (χ2v) is 5.77. The lowest BCUT2D eigenvalue weighted by Crippen LogP contribution is -2.18. The van der Waals surface area contributed by atoms with Gasteiger partial charge in [0.05, 0.1) is 5.56 Å². The third-order valence-electron chi connectivity index (χ3n) is 1.60. The van der Waals surface area contributed by atoms with Crippen molar-refractivity contribution >= 4 is 43.6 Å². The van der Waals surface area contributed by atoms with Gasteiger partial charge in [-0.25, -0.2) is 4.79 Å². The van der Waals surface area contributed by atoms with Gasteiger partial charge in [0.15, 0.2) is 12.4 Å². The highest BCUT2D eigenvalue weighted by Crippen LogP contribution is 2.09. The molecular formula is C10H8Br2O3. The molecule has 0 radical (unpaired) electrons. The van der Waals surface area contributed by atoms with Gasteiger partial charge in [-0.3, -0.25) is 4.79 Å². The average molecular weight is 336 g/mol. The average Bonchev–Trinajstić information content (AvgIpc) is 2.26. The van der Waals surface area contributed by atoms with Gasteiger partial charge in [0, 0.05) is 0 Å². The van der Waals surface area contributed by atoms with E-state index in [9.17, 15) is 9.59 Å². The molecule has 80 valence electrons. The summed E-state index contributed by atoms with van der Waals surface area (Å²) in [6.45, 7) is -0.241. The Morgan fingerprint density at radius 1 is 1.20 bits per heavy atom. The van der Waals surface area contributed by atoms with E-state index in [0.717, 1.165) is 0 Å². The second kappa shape index (κ2) is 6.02. The highest BCUT2D eigenvalue weighted by atomic mass is 79.9. The Balaban J connectivity index is 2.48. The first-order chi connectivity index (χ1) is 7.11. The number of esters is 1. The Kier molecular flexibility index (Phi) is 4.98. The minimum atomic E-state index is -0.496. The van der Waals surface area contributed by atoms with Gasteiger partial charge in [0.1, 0.15) is 3.74 Å². The van der Waals surface area contributed by atoms with Crippen molar-refractivity contribution in [2.75, 3.05) is 6.61 Å². The molecule has 1 aromatic carbocycles. The van der Waals surface area contributed by atoms with Crippen molar-refractivity contribution in [2.24, 2.45) is 0 Å². The van der Waals surface area contributed by atoms with Crippen molar-refractivity contribution in [3.05, 3.63) is 35.9 Å². The van der Waals surface area contributed by atoms with Gasteiger partial charge in [-0.05, 0) is 12.1 Å². The van der Waals surface area contributed by atoms with E-state index in [1.165, 1.54) is 0 Å². The fourth-order valence-electron chi connectivity index (χ4n) is 0.857. The topological polar surface area (TPSA) is 43.4 Å². The van der Waals surface area contributed by atoms with Crippen molar-refractivity contribution in [1.82, 2.24) is 0 Å². The van der Waals surface area contributed by atoms with Crippen LogP contribution in [0.5, 0.6) is 0 Å². The van der Waals surface area contributed by atoms with Crippen LogP contribution in [0, 0.1) is 0 Å². The number of rotatable bonds is 4. The largest absolute Gasteiger partial charge is 0.454 e. The van der Waals surface area contributed by atoms with E-state index in [0.29, 0.717) is 5.56 Å². The van der Waals surface area contributed by atoms with Crippen LogP contribution in [-0.2, 0) is 9.53 Å². The van der Waals surface area contributed by atoms with E-state index in [2.05, 4.69) is 31.9 Å². The molecule has 0 aliphatic heterocycles. The number of Topliss-reactive ketones (excluding diaryl/α,β-unsaturated/α-hetero) is 1. The van der Waals surface area contributed by atoms with E-state index < -0.39 is 9.71 Å². The maximum absolute atomic E-state index is 11.4. The van der Waals surface area contributed by atoms with Crippen LogP contribution in [0.1, 0.15) is 10.4 Å². The Morgan fingerprint density at radius 2 is 1.80 bits per heavy atom. The number of alkyl halides is 2. The smallest absolute Gasteiger partial charge is 0.338 e. The maximum Gasteiger partial charge on any atom is 0.338 e. The molecule has 3 nitrogen and oxygen atoms in total. The van der Waals surface area contributed by atoms with Crippen molar-refractivity contribution in [1.29, 1.82) is 0 Å². The highest BCUT2D eigenvalue weighted by molar-refractivity contribution is 9.25. The molecule has 5 heteroatoms. The molecule has 0 amide bonds. The summed E-state index contributed by atoms with van der Waals surface area (Å²) in [5, 5.41) is 0. The van der Waals surface area contributed by atoms with Gasteiger partial charge >= 0.3 is 5.97 Å². The summed E-state index contributed by atoms with van der Waals surface area (Å²) >= 11 is 6.04. The molecule has 1 aromatic rings. The molecule has 0 fully saturated rings. The second-order valence-electron chi connectivity index (χ2n) is 2.71. The Hall–Kier alpha value is -0.680. The quantitative estimate of drug-likeness (QED) is 0.627. The van der Waals surface area contributed by atoms with Crippen LogP contribution in [0.3, 0.4) is 0 Å². The Morgan fingerprint density at radius 3 is 2.33 bits per heavy atom. The molecule has 0 spiro atoms. The number of hydrogen-bond donors (Lipinski definition) is 0. The summed E-state index contributed by atoms with van der Waals surface area (Å²) in [5.41, 5.74) is 0.436. The fourth-order valence-corrected chi connectivity index (χ4v) is 1.12. The molecule has 0 saturated heterocycles. The number of benzene rings is 1. The van der Waals surface area contributed by atoms with Crippen LogP contribution < -0.4 is 0 Å². The molecule has 0 unspecified atom stereocenters. The first-order valence-corrected chi connectivity index (χ1v) is 5.97. The molecule has 0 bridgehead atoms. The third-order valence-corrected chi connectivity index (χ3v) is 2.62. The number of hydrogen-bond acceptors (Lipinski definition) is 3. The molecule has 0 aromatic heterocycles. The summed E-state index contributed by atoms with van der Waals surface area (Å²) in [5.74, 6) is -0.733. The molecule has 0 heterocycles. The normalized spacial score (nSPS) is 10.1. The van der Waals surface area contributed by atoms with E-state index >= 15 is 0 Å². The molecule has 0 N–H and O–H groups in total. The van der Waals surface area contributed by atoms with E-state index in [-0.39, 0.29) is 12.4 Å². The molecule has 0 atom stereocenters. The van der Waals surface area contributed by atoms with E-state index in [4.69, 9.17) is 4.74 Å². The fraction of sp³-hybridized carbons (Fsp3) is 0.200. The zero-order valence-corrected chi connectivity index (χ0v) is 10.8. The first-order valence-electron chi connectivity index (χ1n) is 4.14. The van der Waals surface area contributed by atoms with Crippen LogP contribution >= 0.6 is 31.9 Å². The van der Waals surface area contributed by atoms with Crippen LogP contribution in [-0.4, -0.2) is 22.1 Å². The zero-order chi connectivity index (χ0) is 11.3.